The molecule has 9 nitrogen and oxygen atoms in total. The molecule has 232 valence electrons. The van der Waals surface area contributed by atoms with Crippen LogP contribution in [0.2, 0.25) is 0 Å². The van der Waals surface area contributed by atoms with Crippen LogP contribution >= 0.6 is 0 Å². The number of aromatic nitrogens is 2. The van der Waals surface area contributed by atoms with Crippen molar-refractivity contribution in [2.75, 3.05) is 55.7 Å². The first kappa shape index (κ1) is 27.9. The van der Waals surface area contributed by atoms with Gasteiger partial charge in [0.2, 0.25) is 0 Å². The number of carbonyl (C=O) groups excluding carboxylic acids is 1. The SMILES string of the molecule is CCc1c(F)ccc2cc(O)cc(N3Cc4nc(OC[C@@]56CCCN5C[C@H](F)C6)nc(N5CCC6(CCNC6)C5)c4C3=O)c12. The van der Waals surface area contributed by atoms with Crippen LogP contribution in [0.3, 0.4) is 0 Å². The number of amides is 1. The summed E-state index contributed by atoms with van der Waals surface area (Å²) in [6.07, 6.45) is 3.97. The zero-order valence-electron chi connectivity index (χ0n) is 25.0. The molecule has 0 radical (unpaired) electrons. The Bertz CT molecular complexity index is 1660. The summed E-state index contributed by atoms with van der Waals surface area (Å²) in [5, 5.41) is 15.4. The summed E-state index contributed by atoms with van der Waals surface area (Å²) in [6.45, 7) is 7.07. The van der Waals surface area contributed by atoms with Gasteiger partial charge in [0.25, 0.3) is 5.91 Å². The van der Waals surface area contributed by atoms with Gasteiger partial charge in [0, 0.05) is 49.5 Å². The normalized spacial score (nSPS) is 28.2. The Morgan fingerprint density at radius 1 is 1.18 bits per heavy atom. The summed E-state index contributed by atoms with van der Waals surface area (Å²) in [7, 11) is 0. The highest BCUT2D eigenvalue weighted by molar-refractivity contribution is 6.16. The minimum atomic E-state index is -0.864. The molecule has 5 aliphatic heterocycles. The standard InChI is InChI=1S/C33H38F2N6O3/c1-2-23-24(35)5-4-20-12-22(42)13-26(27(20)23)41-16-25-28(30(41)43)29(39-11-8-32(18-39)7-9-36-17-32)38-31(37-25)44-19-33-6-3-10-40(33)15-21(34)14-33/h4-5,12-13,21,36,42H,2-3,6-11,14-19H2,1H3/t21-,32?,33+/m1/s1. The van der Waals surface area contributed by atoms with E-state index in [0.29, 0.717) is 65.1 Å². The van der Waals surface area contributed by atoms with E-state index >= 15 is 0 Å². The minimum absolute atomic E-state index is 0.00132. The Kier molecular flexibility index (Phi) is 6.50. The van der Waals surface area contributed by atoms with Crippen molar-refractivity contribution in [1.82, 2.24) is 20.2 Å². The zero-order chi connectivity index (χ0) is 30.2. The molecule has 11 heteroatoms. The van der Waals surface area contributed by atoms with E-state index in [-0.39, 0.29) is 41.0 Å². The van der Waals surface area contributed by atoms with Crippen LogP contribution in [0.25, 0.3) is 10.8 Å². The van der Waals surface area contributed by atoms with E-state index in [1.54, 1.807) is 17.0 Å². The van der Waals surface area contributed by atoms with Crippen molar-refractivity contribution in [2.24, 2.45) is 5.41 Å². The van der Waals surface area contributed by atoms with Crippen LogP contribution in [0.1, 0.15) is 60.6 Å². The molecular formula is C33H38F2N6O3. The third-order valence-corrected chi connectivity index (χ3v) is 10.8. The maximum Gasteiger partial charge on any atom is 0.318 e. The molecule has 0 aliphatic carbocycles. The number of hydrogen-bond acceptors (Lipinski definition) is 8. The van der Waals surface area contributed by atoms with Gasteiger partial charge in [-0.05, 0) is 68.3 Å². The molecular weight excluding hydrogens is 566 g/mol. The number of phenolic OH excluding ortho intramolecular Hbond substituents is 1. The van der Waals surface area contributed by atoms with Gasteiger partial charge in [0.05, 0.1) is 23.5 Å². The predicted molar refractivity (Wildman–Crippen MR) is 163 cm³/mol. The van der Waals surface area contributed by atoms with E-state index in [4.69, 9.17) is 14.7 Å². The zero-order valence-corrected chi connectivity index (χ0v) is 25.0. The number of benzene rings is 2. The Hall–Kier alpha value is -3.57. The van der Waals surface area contributed by atoms with E-state index < -0.39 is 6.17 Å². The summed E-state index contributed by atoms with van der Waals surface area (Å²) in [4.78, 5) is 30.0. The van der Waals surface area contributed by atoms with Crippen molar-refractivity contribution >= 4 is 28.2 Å². The number of ether oxygens (including phenoxy) is 1. The molecule has 0 bridgehead atoms. The highest BCUT2D eigenvalue weighted by atomic mass is 19.1. The molecule has 1 unspecified atom stereocenters. The number of alkyl halides is 1. The molecule has 3 atom stereocenters. The fourth-order valence-corrected chi connectivity index (χ4v) is 8.59. The second-order valence-electron chi connectivity index (χ2n) is 13.4. The number of rotatable bonds is 6. The van der Waals surface area contributed by atoms with Gasteiger partial charge in [-0.2, -0.15) is 9.97 Å². The van der Waals surface area contributed by atoms with E-state index in [1.165, 1.54) is 12.1 Å². The van der Waals surface area contributed by atoms with E-state index in [1.807, 2.05) is 6.92 Å². The quantitative estimate of drug-likeness (QED) is 0.429. The lowest BCUT2D eigenvalue weighted by Gasteiger charge is -2.31. The van der Waals surface area contributed by atoms with Gasteiger partial charge in [0.1, 0.15) is 35.7 Å². The number of aryl methyl sites for hydroxylation is 1. The Labute approximate surface area is 255 Å². The van der Waals surface area contributed by atoms with Gasteiger partial charge < -0.3 is 25.0 Å². The second kappa shape index (κ2) is 10.2. The van der Waals surface area contributed by atoms with Gasteiger partial charge in [-0.3, -0.25) is 9.69 Å². The van der Waals surface area contributed by atoms with Gasteiger partial charge in [0.15, 0.2) is 0 Å². The maximum absolute atomic E-state index is 15.0. The lowest BCUT2D eigenvalue weighted by atomic mass is 9.86. The minimum Gasteiger partial charge on any atom is -0.508 e. The fourth-order valence-electron chi connectivity index (χ4n) is 8.59. The van der Waals surface area contributed by atoms with Gasteiger partial charge in [-0.1, -0.05) is 13.0 Å². The smallest absolute Gasteiger partial charge is 0.318 e. The van der Waals surface area contributed by atoms with E-state index in [9.17, 15) is 18.7 Å². The Morgan fingerprint density at radius 2 is 2.07 bits per heavy atom. The number of aromatic hydroxyl groups is 1. The number of anilines is 2. The first-order valence-corrected chi connectivity index (χ1v) is 15.9. The summed E-state index contributed by atoms with van der Waals surface area (Å²) in [6, 6.07) is 6.36. The van der Waals surface area contributed by atoms with E-state index in [2.05, 4.69) is 15.1 Å². The number of carbonyl (C=O) groups is 1. The first-order chi connectivity index (χ1) is 21.3. The predicted octanol–water partition coefficient (Wildman–Crippen LogP) is 4.34. The van der Waals surface area contributed by atoms with Crippen molar-refractivity contribution in [1.29, 1.82) is 0 Å². The molecule has 44 heavy (non-hydrogen) atoms. The fraction of sp³-hybridized carbons (Fsp3) is 0.545. The molecule has 2 N–H and O–H groups in total. The third-order valence-electron chi connectivity index (χ3n) is 10.8. The van der Waals surface area contributed by atoms with Crippen molar-refractivity contribution in [2.45, 2.75) is 63.7 Å². The van der Waals surface area contributed by atoms with Gasteiger partial charge in [-0.25, -0.2) is 8.78 Å². The largest absolute Gasteiger partial charge is 0.508 e. The van der Waals surface area contributed by atoms with Crippen LogP contribution in [-0.2, 0) is 13.0 Å². The number of fused-ring (bicyclic) bond motifs is 3. The molecule has 0 saturated carbocycles. The van der Waals surface area contributed by atoms with Crippen molar-refractivity contribution < 1.29 is 23.4 Å². The lowest BCUT2D eigenvalue weighted by molar-refractivity contribution is 0.0996. The first-order valence-electron chi connectivity index (χ1n) is 15.9. The summed E-state index contributed by atoms with van der Waals surface area (Å²) >= 11 is 0. The van der Waals surface area contributed by atoms with Crippen LogP contribution in [0.5, 0.6) is 11.8 Å². The van der Waals surface area contributed by atoms with Crippen LogP contribution in [0.4, 0.5) is 20.3 Å². The molecule has 2 aromatic carbocycles. The van der Waals surface area contributed by atoms with Crippen LogP contribution in [-0.4, -0.2) is 83.5 Å². The second-order valence-corrected chi connectivity index (χ2v) is 13.4. The van der Waals surface area contributed by atoms with Crippen LogP contribution in [0.15, 0.2) is 24.3 Å². The van der Waals surface area contributed by atoms with Gasteiger partial charge >= 0.3 is 6.01 Å². The number of phenols is 1. The molecule has 6 heterocycles. The average molecular weight is 605 g/mol. The number of nitrogens with zero attached hydrogens (tertiary/aromatic N) is 5. The van der Waals surface area contributed by atoms with Crippen LogP contribution < -0.4 is 19.9 Å². The van der Waals surface area contributed by atoms with Crippen molar-refractivity contribution in [3.63, 3.8) is 0 Å². The summed E-state index contributed by atoms with van der Waals surface area (Å²) in [5.41, 5.74) is 1.70. The summed E-state index contributed by atoms with van der Waals surface area (Å²) < 4.78 is 35.8. The molecule has 1 amide bonds. The Balaban J connectivity index is 1.19. The highest BCUT2D eigenvalue weighted by Gasteiger charge is 2.50. The molecule has 4 fully saturated rings. The third kappa shape index (κ3) is 4.34. The molecule has 1 aromatic heterocycles. The number of hydrogen-bond donors (Lipinski definition) is 2. The monoisotopic (exact) mass is 604 g/mol. The number of halogens is 2. The highest BCUT2D eigenvalue weighted by Crippen LogP contribution is 2.45. The van der Waals surface area contributed by atoms with Crippen molar-refractivity contribution in [3.05, 3.63) is 46.9 Å². The van der Waals surface area contributed by atoms with Gasteiger partial charge in [-0.15, -0.1) is 0 Å². The lowest BCUT2D eigenvalue weighted by Crippen LogP contribution is -2.43. The Morgan fingerprint density at radius 3 is 2.89 bits per heavy atom. The maximum atomic E-state index is 15.0. The summed E-state index contributed by atoms with van der Waals surface area (Å²) in [5.74, 6) is -0.0637. The molecule has 8 rings (SSSR count). The van der Waals surface area contributed by atoms with Crippen LogP contribution in [0, 0.1) is 11.2 Å². The van der Waals surface area contributed by atoms with E-state index in [0.717, 1.165) is 58.4 Å². The van der Waals surface area contributed by atoms with Crippen molar-refractivity contribution in [3.8, 4) is 11.8 Å². The molecule has 1 spiro atoms. The average Bonchev–Trinajstić information content (AvgIpc) is 3.83. The topological polar surface area (TPSA) is 94.1 Å². The molecule has 5 aliphatic rings. The number of nitrogens with one attached hydrogen (secondary N) is 1. The molecule has 3 aromatic rings. The molecule has 4 saturated heterocycles.